The number of methoxy groups -OCH3 is 1. The Bertz CT molecular complexity index is 549. The van der Waals surface area contributed by atoms with Crippen molar-refractivity contribution in [2.75, 3.05) is 13.7 Å². The Morgan fingerprint density at radius 3 is 2.76 bits per heavy atom. The number of fused-ring (bicyclic) bond motifs is 1. The monoisotopic (exact) mass is 229 g/mol. The van der Waals surface area contributed by atoms with Crippen LogP contribution < -0.4 is 10.1 Å². The van der Waals surface area contributed by atoms with Gasteiger partial charge in [-0.05, 0) is 24.4 Å². The first kappa shape index (κ1) is 11.5. The molecule has 88 valence electrons. The van der Waals surface area contributed by atoms with E-state index in [-0.39, 0.29) is 5.91 Å². The molecule has 0 radical (unpaired) electrons. The molecule has 0 saturated heterocycles. The van der Waals surface area contributed by atoms with Crippen LogP contribution in [0.4, 0.5) is 0 Å². The lowest BCUT2D eigenvalue weighted by Crippen LogP contribution is -2.22. The van der Waals surface area contributed by atoms with Crippen LogP contribution in [-0.4, -0.2) is 19.6 Å². The van der Waals surface area contributed by atoms with Crippen molar-refractivity contribution in [3.05, 3.63) is 42.0 Å². The zero-order valence-corrected chi connectivity index (χ0v) is 9.99. The van der Waals surface area contributed by atoms with Crippen molar-refractivity contribution in [3.8, 4) is 5.75 Å². The van der Waals surface area contributed by atoms with Crippen LogP contribution >= 0.6 is 0 Å². The zero-order valence-electron chi connectivity index (χ0n) is 9.99. The van der Waals surface area contributed by atoms with E-state index < -0.39 is 0 Å². The molecule has 2 rings (SSSR count). The summed E-state index contributed by atoms with van der Waals surface area (Å²) in [7, 11) is 1.61. The molecule has 0 saturated carbocycles. The fraction of sp³-hybridized carbons (Fsp3) is 0.214. The van der Waals surface area contributed by atoms with Gasteiger partial charge in [0.1, 0.15) is 5.75 Å². The smallest absolute Gasteiger partial charge is 0.251 e. The quantitative estimate of drug-likeness (QED) is 0.878. The van der Waals surface area contributed by atoms with Crippen LogP contribution in [0.2, 0.25) is 0 Å². The van der Waals surface area contributed by atoms with E-state index in [1.165, 1.54) is 0 Å². The molecule has 2 aromatic rings. The average molecular weight is 229 g/mol. The van der Waals surface area contributed by atoms with Gasteiger partial charge in [0.05, 0.1) is 7.11 Å². The number of nitrogens with one attached hydrogen (secondary N) is 1. The third-order valence-electron chi connectivity index (χ3n) is 2.64. The Labute approximate surface area is 100 Å². The second-order valence-corrected chi connectivity index (χ2v) is 3.76. The largest absolute Gasteiger partial charge is 0.496 e. The van der Waals surface area contributed by atoms with Crippen molar-refractivity contribution >= 4 is 16.7 Å². The highest BCUT2D eigenvalue weighted by molar-refractivity contribution is 6.00. The van der Waals surface area contributed by atoms with E-state index in [1.54, 1.807) is 13.2 Å². The Hall–Kier alpha value is -2.03. The van der Waals surface area contributed by atoms with E-state index in [1.807, 2.05) is 37.3 Å². The SMILES string of the molecule is CCNC(=O)c1cc(OC)c2ccccc2c1. The van der Waals surface area contributed by atoms with Crippen LogP contribution in [0.1, 0.15) is 17.3 Å². The highest BCUT2D eigenvalue weighted by atomic mass is 16.5. The molecule has 0 aromatic heterocycles. The van der Waals surface area contributed by atoms with Gasteiger partial charge in [0.2, 0.25) is 0 Å². The van der Waals surface area contributed by atoms with E-state index in [0.717, 1.165) is 16.5 Å². The van der Waals surface area contributed by atoms with Crippen molar-refractivity contribution in [1.29, 1.82) is 0 Å². The van der Waals surface area contributed by atoms with Crippen molar-refractivity contribution < 1.29 is 9.53 Å². The van der Waals surface area contributed by atoms with Gasteiger partial charge in [0, 0.05) is 17.5 Å². The lowest BCUT2D eigenvalue weighted by atomic mass is 10.1. The molecule has 1 N–H and O–H groups in total. The highest BCUT2D eigenvalue weighted by Gasteiger charge is 2.09. The van der Waals surface area contributed by atoms with Crippen LogP contribution in [0, 0.1) is 0 Å². The van der Waals surface area contributed by atoms with E-state index in [9.17, 15) is 4.79 Å². The van der Waals surface area contributed by atoms with Gasteiger partial charge in [-0.1, -0.05) is 24.3 Å². The number of hydrogen-bond acceptors (Lipinski definition) is 2. The first-order valence-electron chi connectivity index (χ1n) is 5.61. The molecule has 0 unspecified atom stereocenters. The minimum atomic E-state index is -0.0726. The lowest BCUT2D eigenvalue weighted by molar-refractivity contribution is 0.0955. The van der Waals surface area contributed by atoms with E-state index >= 15 is 0 Å². The molecule has 0 spiro atoms. The third-order valence-corrected chi connectivity index (χ3v) is 2.64. The van der Waals surface area contributed by atoms with Crippen LogP contribution in [0.25, 0.3) is 10.8 Å². The highest BCUT2D eigenvalue weighted by Crippen LogP contribution is 2.27. The Morgan fingerprint density at radius 1 is 1.29 bits per heavy atom. The number of carbonyl (C=O) groups is 1. The van der Waals surface area contributed by atoms with E-state index in [2.05, 4.69) is 5.32 Å². The van der Waals surface area contributed by atoms with Crippen LogP contribution in [-0.2, 0) is 0 Å². The van der Waals surface area contributed by atoms with Crippen LogP contribution in [0.3, 0.4) is 0 Å². The molecule has 17 heavy (non-hydrogen) atoms. The average Bonchev–Trinajstić information content (AvgIpc) is 2.37. The Balaban J connectivity index is 2.56. The molecule has 0 aliphatic heterocycles. The number of amides is 1. The molecular weight excluding hydrogens is 214 g/mol. The first-order chi connectivity index (χ1) is 8.26. The maximum atomic E-state index is 11.8. The predicted molar refractivity (Wildman–Crippen MR) is 68.5 cm³/mol. The van der Waals surface area contributed by atoms with E-state index in [0.29, 0.717) is 12.1 Å². The number of rotatable bonds is 3. The second kappa shape index (κ2) is 4.87. The summed E-state index contributed by atoms with van der Waals surface area (Å²) in [4.78, 5) is 11.8. The summed E-state index contributed by atoms with van der Waals surface area (Å²) in [6, 6.07) is 11.5. The summed E-state index contributed by atoms with van der Waals surface area (Å²) >= 11 is 0. The summed E-state index contributed by atoms with van der Waals surface area (Å²) in [5.41, 5.74) is 0.627. The molecule has 2 aromatic carbocycles. The van der Waals surface area contributed by atoms with E-state index in [4.69, 9.17) is 4.74 Å². The minimum Gasteiger partial charge on any atom is -0.496 e. The summed E-state index contributed by atoms with van der Waals surface area (Å²) in [5, 5.41) is 4.81. The zero-order chi connectivity index (χ0) is 12.3. The Morgan fingerprint density at radius 2 is 2.06 bits per heavy atom. The topological polar surface area (TPSA) is 38.3 Å². The number of carbonyl (C=O) groups excluding carboxylic acids is 1. The summed E-state index contributed by atoms with van der Waals surface area (Å²) in [6.07, 6.45) is 0. The van der Waals surface area contributed by atoms with Crippen molar-refractivity contribution in [3.63, 3.8) is 0 Å². The normalized spacial score (nSPS) is 10.2. The Kier molecular flexibility index (Phi) is 3.28. The number of benzene rings is 2. The molecular formula is C14H15NO2. The fourth-order valence-corrected chi connectivity index (χ4v) is 1.84. The minimum absolute atomic E-state index is 0.0726. The van der Waals surface area contributed by atoms with Crippen LogP contribution in [0.15, 0.2) is 36.4 Å². The lowest BCUT2D eigenvalue weighted by Gasteiger charge is -2.09. The van der Waals surface area contributed by atoms with Gasteiger partial charge in [0.15, 0.2) is 0 Å². The molecule has 3 nitrogen and oxygen atoms in total. The molecule has 0 aliphatic carbocycles. The predicted octanol–water partition coefficient (Wildman–Crippen LogP) is 2.60. The number of hydrogen-bond donors (Lipinski definition) is 1. The molecule has 0 aliphatic rings. The summed E-state index contributed by atoms with van der Waals surface area (Å²) in [5.74, 6) is 0.654. The molecule has 1 amide bonds. The maximum Gasteiger partial charge on any atom is 0.251 e. The van der Waals surface area contributed by atoms with Crippen molar-refractivity contribution in [2.24, 2.45) is 0 Å². The molecule has 0 bridgehead atoms. The third kappa shape index (κ3) is 2.23. The van der Waals surface area contributed by atoms with Crippen LogP contribution in [0.5, 0.6) is 5.75 Å². The van der Waals surface area contributed by atoms with Gasteiger partial charge in [-0.3, -0.25) is 4.79 Å². The van der Waals surface area contributed by atoms with Crippen molar-refractivity contribution in [1.82, 2.24) is 5.32 Å². The number of ether oxygens (including phenoxy) is 1. The summed E-state index contributed by atoms with van der Waals surface area (Å²) in [6.45, 7) is 2.52. The van der Waals surface area contributed by atoms with Gasteiger partial charge < -0.3 is 10.1 Å². The molecule has 0 fully saturated rings. The van der Waals surface area contributed by atoms with Gasteiger partial charge in [0.25, 0.3) is 5.91 Å². The van der Waals surface area contributed by atoms with Crippen molar-refractivity contribution in [2.45, 2.75) is 6.92 Å². The molecule has 3 heteroatoms. The standard InChI is InChI=1S/C14H15NO2/c1-3-15-14(16)11-8-10-6-4-5-7-12(10)13(9-11)17-2/h4-9H,3H2,1-2H3,(H,15,16). The molecule has 0 heterocycles. The first-order valence-corrected chi connectivity index (χ1v) is 5.61. The van der Waals surface area contributed by atoms with Gasteiger partial charge in [-0.2, -0.15) is 0 Å². The summed E-state index contributed by atoms with van der Waals surface area (Å²) < 4.78 is 5.32. The van der Waals surface area contributed by atoms with Gasteiger partial charge >= 0.3 is 0 Å². The second-order valence-electron chi connectivity index (χ2n) is 3.76. The fourth-order valence-electron chi connectivity index (χ4n) is 1.84. The van der Waals surface area contributed by atoms with Gasteiger partial charge in [-0.15, -0.1) is 0 Å². The molecule has 0 atom stereocenters. The van der Waals surface area contributed by atoms with Gasteiger partial charge in [-0.25, -0.2) is 0 Å². The maximum absolute atomic E-state index is 11.8.